The Hall–Kier alpha value is -0.130. The highest BCUT2D eigenvalue weighted by Gasteiger charge is 2.47. The lowest BCUT2D eigenvalue weighted by Gasteiger charge is -2.35. The quantitative estimate of drug-likeness (QED) is 0.214. The molecule has 0 aromatic carbocycles. The Kier molecular flexibility index (Phi) is 13.2. The van der Waals surface area contributed by atoms with Gasteiger partial charge in [0.05, 0.1) is 7.11 Å². The molecular formula is C21H42N4O3S3. The molecule has 1 aliphatic heterocycles. The van der Waals surface area contributed by atoms with Gasteiger partial charge in [0.2, 0.25) is 5.91 Å². The first-order chi connectivity index (χ1) is 14.6. The highest BCUT2D eigenvalue weighted by atomic mass is 32.2. The van der Waals surface area contributed by atoms with Crippen molar-refractivity contribution in [2.75, 3.05) is 43.8 Å². The van der Waals surface area contributed by atoms with Gasteiger partial charge >= 0.3 is 5.97 Å². The van der Waals surface area contributed by atoms with Crippen LogP contribution in [0.2, 0.25) is 0 Å². The fraction of sp³-hybridized carbons (Fsp3) is 0.905. The van der Waals surface area contributed by atoms with Gasteiger partial charge in [0.25, 0.3) is 0 Å². The van der Waals surface area contributed by atoms with Gasteiger partial charge < -0.3 is 21.1 Å². The molecule has 0 radical (unpaired) electrons. The van der Waals surface area contributed by atoms with Crippen LogP contribution in [0.4, 0.5) is 0 Å². The summed E-state index contributed by atoms with van der Waals surface area (Å²) in [6, 6.07) is -0.736. The number of nitrogens with two attached hydrogens (primary N) is 1. The number of thioether (sulfide) groups is 2. The molecule has 0 saturated carbocycles. The van der Waals surface area contributed by atoms with Crippen molar-refractivity contribution < 1.29 is 14.3 Å². The van der Waals surface area contributed by atoms with Crippen molar-refractivity contribution in [2.24, 2.45) is 11.7 Å². The zero-order chi connectivity index (χ0) is 23.6. The van der Waals surface area contributed by atoms with E-state index in [1.165, 1.54) is 7.11 Å². The number of carbonyl (C=O) groups is 2. The molecule has 1 amide bonds. The summed E-state index contributed by atoms with van der Waals surface area (Å²) in [5.74, 6) is 2.11. The molecule has 5 atom stereocenters. The van der Waals surface area contributed by atoms with E-state index in [0.29, 0.717) is 24.6 Å². The van der Waals surface area contributed by atoms with Crippen molar-refractivity contribution in [1.29, 1.82) is 0 Å². The zero-order valence-corrected chi connectivity index (χ0v) is 22.4. The summed E-state index contributed by atoms with van der Waals surface area (Å²) in [4.78, 5) is 27.8. The second-order valence-corrected chi connectivity index (χ2v) is 11.7. The highest BCUT2D eigenvalue weighted by Crippen LogP contribution is 2.39. The smallest absolute Gasteiger partial charge is 0.328 e. The van der Waals surface area contributed by atoms with Gasteiger partial charge in [-0.25, -0.2) is 4.79 Å². The number of nitrogens with zero attached hydrogens (tertiary/aromatic N) is 1. The molecule has 10 heteroatoms. The third-order valence-electron chi connectivity index (χ3n) is 5.93. The summed E-state index contributed by atoms with van der Waals surface area (Å²) in [7, 11) is 1.36. The number of rotatable bonds is 14. The maximum atomic E-state index is 13.4. The van der Waals surface area contributed by atoms with Gasteiger partial charge in [-0.3, -0.25) is 9.69 Å². The molecule has 0 bridgehead atoms. The van der Waals surface area contributed by atoms with Crippen LogP contribution in [0, 0.1) is 5.92 Å². The van der Waals surface area contributed by atoms with Crippen LogP contribution in [-0.2, 0) is 14.3 Å². The van der Waals surface area contributed by atoms with E-state index in [0.717, 1.165) is 24.6 Å². The number of thiol groups is 1. The fourth-order valence-corrected chi connectivity index (χ4v) is 5.48. The van der Waals surface area contributed by atoms with Crippen LogP contribution >= 0.6 is 36.2 Å². The topological polar surface area (TPSA) is 96.7 Å². The molecule has 182 valence electrons. The molecule has 2 unspecified atom stereocenters. The predicted octanol–water partition coefficient (Wildman–Crippen LogP) is 1.81. The van der Waals surface area contributed by atoms with E-state index in [1.54, 1.807) is 23.5 Å². The molecule has 31 heavy (non-hydrogen) atoms. The molecule has 1 aliphatic rings. The number of ether oxygens (including phenoxy) is 1. The Morgan fingerprint density at radius 1 is 1.42 bits per heavy atom. The Bertz CT molecular complexity index is 568. The van der Waals surface area contributed by atoms with Gasteiger partial charge in [0.1, 0.15) is 12.1 Å². The van der Waals surface area contributed by atoms with Gasteiger partial charge in [-0.15, -0.1) is 11.8 Å². The molecule has 1 saturated heterocycles. The number of esters is 1. The van der Waals surface area contributed by atoms with E-state index in [9.17, 15) is 9.59 Å². The Balaban J connectivity index is 2.95. The summed E-state index contributed by atoms with van der Waals surface area (Å²) >= 11 is 7.70. The predicted molar refractivity (Wildman–Crippen MR) is 137 cm³/mol. The summed E-state index contributed by atoms with van der Waals surface area (Å²) in [6.45, 7) is 10.0. The van der Waals surface area contributed by atoms with Gasteiger partial charge in [0.15, 0.2) is 0 Å². The lowest BCUT2D eigenvalue weighted by molar-refractivity contribution is -0.145. The maximum Gasteiger partial charge on any atom is 0.328 e. The lowest BCUT2D eigenvalue weighted by atomic mass is 9.95. The van der Waals surface area contributed by atoms with Gasteiger partial charge in [0, 0.05) is 41.5 Å². The van der Waals surface area contributed by atoms with E-state index >= 15 is 0 Å². The van der Waals surface area contributed by atoms with Crippen molar-refractivity contribution in [3.63, 3.8) is 0 Å². The van der Waals surface area contributed by atoms with E-state index in [1.807, 2.05) is 6.26 Å². The summed E-state index contributed by atoms with van der Waals surface area (Å²) in [5, 5.41) is 6.57. The van der Waals surface area contributed by atoms with Crippen molar-refractivity contribution in [1.82, 2.24) is 15.5 Å². The second kappa shape index (κ2) is 14.2. The third-order valence-corrected chi connectivity index (χ3v) is 8.47. The van der Waals surface area contributed by atoms with Crippen molar-refractivity contribution in [2.45, 2.75) is 69.5 Å². The van der Waals surface area contributed by atoms with Crippen molar-refractivity contribution >= 4 is 48.0 Å². The summed E-state index contributed by atoms with van der Waals surface area (Å²) < 4.78 is 4.66. The van der Waals surface area contributed by atoms with Crippen LogP contribution in [0.15, 0.2) is 0 Å². The standard InChI is InChI=1S/C21H42N4O3S3/c1-7-14(2)17(23-10-15(22)12-29)11-25-13-31-21(3,4)18(25)19(26)24-16(8-9-30-6)20(27)28-5/h14-18,23,29H,7-13,22H2,1-6H3,(H,24,26)/t14?,15-,16+,17-,18?/m1/s1. The number of amides is 1. The normalized spacial score (nSPS) is 22.5. The molecule has 7 nitrogen and oxygen atoms in total. The van der Waals surface area contributed by atoms with Crippen molar-refractivity contribution in [3.8, 4) is 0 Å². The second-order valence-electron chi connectivity index (χ2n) is 8.76. The summed E-state index contributed by atoms with van der Waals surface area (Å²) in [5.41, 5.74) is 6.06. The number of hydrogen-bond acceptors (Lipinski definition) is 9. The van der Waals surface area contributed by atoms with Gasteiger partial charge in [-0.05, 0) is 38.2 Å². The Morgan fingerprint density at radius 2 is 2.10 bits per heavy atom. The molecule has 0 aromatic rings. The minimum absolute atomic E-state index is 0.00405. The van der Waals surface area contributed by atoms with E-state index in [4.69, 9.17) is 10.5 Å². The average Bonchev–Trinajstić information content (AvgIpc) is 3.05. The molecular weight excluding hydrogens is 452 g/mol. The van der Waals surface area contributed by atoms with Crippen molar-refractivity contribution in [3.05, 3.63) is 0 Å². The van der Waals surface area contributed by atoms with E-state index in [2.05, 4.69) is 55.9 Å². The van der Waals surface area contributed by atoms with Crippen LogP contribution in [0.5, 0.6) is 0 Å². The third kappa shape index (κ3) is 8.97. The summed E-state index contributed by atoms with van der Waals surface area (Å²) in [6.07, 6.45) is 3.57. The van der Waals surface area contributed by atoms with E-state index in [-0.39, 0.29) is 28.8 Å². The molecule has 1 heterocycles. The largest absolute Gasteiger partial charge is 0.467 e. The van der Waals surface area contributed by atoms with Crippen LogP contribution in [-0.4, -0.2) is 89.5 Å². The minimum atomic E-state index is -0.620. The Morgan fingerprint density at radius 3 is 2.65 bits per heavy atom. The number of carbonyl (C=O) groups excluding carboxylic acids is 2. The lowest BCUT2D eigenvalue weighted by Crippen LogP contribution is -2.58. The fourth-order valence-electron chi connectivity index (χ4n) is 3.71. The molecule has 0 aliphatic carbocycles. The SMILES string of the molecule is CCC(C)[C@@H](CN1CSC(C)(C)C1C(=O)N[C@@H](CCSC)C(=O)OC)NC[C@@H](N)CS. The molecule has 1 fully saturated rings. The first kappa shape index (κ1) is 28.9. The average molecular weight is 495 g/mol. The number of methoxy groups -OCH3 is 1. The maximum absolute atomic E-state index is 13.4. The monoisotopic (exact) mass is 494 g/mol. The van der Waals surface area contributed by atoms with E-state index < -0.39 is 12.0 Å². The zero-order valence-electron chi connectivity index (χ0n) is 19.8. The molecule has 0 aromatic heterocycles. The van der Waals surface area contributed by atoms with Crippen LogP contribution < -0.4 is 16.4 Å². The van der Waals surface area contributed by atoms with Gasteiger partial charge in [-0.2, -0.15) is 24.4 Å². The molecule has 4 N–H and O–H groups in total. The number of nitrogens with one attached hydrogen (secondary N) is 2. The van der Waals surface area contributed by atoms with Crippen LogP contribution in [0.25, 0.3) is 0 Å². The van der Waals surface area contributed by atoms with Crippen LogP contribution in [0.1, 0.15) is 40.5 Å². The number of hydrogen-bond donors (Lipinski definition) is 4. The first-order valence-electron chi connectivity index (χ1n) is 11.0. The van der Waals surface area contributed by atoms with Crippen LogP contribution in [0.3, 0.4) is 0 Å². The minimum Gasteiger partial charge on any atom is -0.467 e. The first-order valence-corrected chi connectivity index (χ1v) is 14.0. The highest BCUT2D eigenvalue weighted by molar-refractivity contribution is 8.00. The molecule has 1 rings (SSSR count). The Labute approximate surface area is 202 Å². The molecule has 0 spiro atoms. The van der Waals surface area contributed by atoms with Gasteiger partial charge in [-0.1, -0.05) is 20.3 Å².